The van der Waals surface area contributed by atoms with E-state index >= 15 is 0 Å². The summed E-state index contributed by atoms with van der Waals surface area (Å²) >= 11 is 0. The van der Waals surface area contributed by atoms with Crippen molar-refractivity contribution in [2.24, 2.45) is 0 Å². The van der Waals surface area contributed by atoms with Crippen LogP contribution in [0.25, 0.3) is 0 Å². The number of amides is 1. The molecule has 0 aliphatic heterocycles. The molecule has 0 bridgehead atoms. The number of benzene rings is 2. The number of carbonyl (C=O) groups excluding carboxylic acids is 1. The summed E-state index contributed by atoms with van der Waals surface area (Å²) in [6.07, 6.45) is -4.49. The van der Waals surface area contributed by atoms with Gasteiger partial charge in [-0.1, -0.05) is 42.5 Å². The first-order valence-electron chi connectivity index (χ1n) is 8.02. The highest BCUT2D eigenvalue weighted by Gasteiger charge is 2.33. The minimum absolute atomic E-state index is 0.0700. The van der Waals surface area contributed by atoms with Crippen LogP contribution in [0.4, 0.5) is 24.7 Å². The molecule has 2 aromatic carbocycles. The molecular formula is C19H15F3N4O. The standard InChI is InChI=1S/C19H15F3N4O/c20-19(21,22)14-8-4-5-9-15(14)24-17-11-10-16(25-26-17)18(27)23-12-13-6-2-1-3-7-13/h1-11H,12H2,(H,23,27)(H,24,26). The smallest absolute Gasteiger partial charge is 0.347 e. The van der Waals surface area contributed by atoms with Gasteiger partial charge in [0, 0.05) is 6.54 Å². The highest BCUT2D eigenvalue weighted by molar-refractivity contribution is 5.92. The van der Waals surface area contributed by atoms with E-state index in [2.05, 4.69) is 20.8 Å². The van der Waals surface area contributed by atoms with Crippen LogP contribution in [-0.2, 0) is 12.7 Å². The summed E-state index contributed by atoms with van der Waals surface area (Å²) < 4.78 is 39.1. The van der Waals surface area contributed by atoms with Crippen LogP contribution in [0.15, 0.2) is 66.7 Å². The van der Waals surface area contributed by atoms with Gasteiger partial charge in [-0.25, -0.2) is 0 Å². The molecule has 5 nitrogen and oxygen atoms in total. The largest absolute Gasteiger partial charge is 0.418 e. The second kappa shape index (κ2) is 7.86. The zero-order chi connectivity index (χ0) is 19.3. The molecule has 0 atom stereocenters. The van der Waals surface area contributed by atoms with Gasteiger partial charge in [0.25, 0.3) is 5.91 Å². The molecule has 0 unspecified atom stereocenters. The van der Waals surface area contributed by atoms with E-state index < -0.39 is 17.6 Å². The molecule has 3 aromatic rings. The predicted octanol–water partition coefficient (Wildman–Crippen LogP) is 4.17. The highest BCUT2D eigenvalue weighted by Crippen LogP contribution is 2.35. The van der Waals surface area contributed by atoms with E-state index in [0.717, 1.165) is 11.6 Å². The molecule has 1 amide bonds. The molecule has 8 heteroatoms. The minimum Gasteiger partial charge on any atom is -0.347 e. The molecule has 0 saturated heterocycles. The van der Waals surface area contributed by atoms with Crippen LogP contribution >= 0.6 is 0 Å². The lowest BCUT2D eigenvalue weighted by molar-refractivity contribution is -0.136. The molecule has 3 rings (SSSR count). The van der Waals surface area contributed by atoms with Gasteiger partial charge in [-0.2, -0.15) is 13.2 Å². The van der Waals surface area contributed by atoms with Crippen LogP contribution in [0.1, 0.15) is 21.6 Å². The molecule has 1 heterocycles. The van der Waals surface area contributed by atoms with E-state index in [1.165, 1.54) is 30.3 Å². The molecule has 27 heavy (non-hydrogen) atoms. The summed E-state index contributed by atoms with van der Waals surface area (Å²) in [6.45, 7) is 0.334. The highest BCUT2D eigenvalue weighted by atomic mass is 19.4. The average molecular weight is 372 g/mol. The van der Waals surface area contributed by atoms with E-state index in [9.17, 15) is 18.0 Å². The normalized spacial score (nSPS) is 11.1. The third-order valence-electron chi connectivity index (χ3n) is 3.69. The Labute approximate surface area is 153 Å². The van der Waals surface area contributed by atoms with Crippen molar-refractivity contribution in [2.45, 2.75) is 12.7 Å². The topological polar surface area (TPSA) is 66.9 Å². The third kappa shape index (κ3) is 4.81. The maximum Gasteiger partial charge on any atom is 0.418 e. The number of hydrogen-bond acceptors (Lipinski definition) is 4. The fourth-order valence-corrected chi connectivity index (χ4v) is 2.37. The van der Waals surface area contributed by atoms with Gasteiger partial charge >= 0.3 is 6.18 Å². The molecule has 0 spiro atoms. The summed E-state index contributed by atoms with van der Waals surface area (Å²) in [5.74, 6) is -0.320. The summed E-state index contributed by atoms with van der Waals surface area (Å²) in [5, 5.41) is 12.8. The van der Waals surface area contributed by atoms with Crippen molar-refractivity contribution < 1.29 is 18.0 Å². The summed E-state index contributed by atoms with van der Waals surface area (Å²) in [5.41, 5.74) is 0.0542. The number of nitrogens with one attached hydrogen (secondary N) is 2. The van der Waals surface area contributed by atoms with Crippen LogP contribution < -0.4 is 10.6 Å². The van der Waals surface area contributed by atoms with E-state index in [0.29, 0.717) is 6.54 Å². The Balaban J connectivity index is 1.66. The number of anilines is 2. The number of alkyl halides is 3. The van der Waals surface area contributed by atoms with Crippen molar-refractivity contribution in [2.75, 3.05) is 5.32 Å². The summed E-state index contributed by atoms with van der Waals surface area (Å²) in [6, 6.07) is 17.2. The number of rotatable bonds is 5. The molecular weight excluding hydrogens is 357 g/mol. The Morgan fingerprint density at radius 3 is 2.26 bits per heavy atom. The predicted molar refractivity (Wildman–Crippen MR) is 94.4 cm³/mol. The van der Waals surface area contributed by atoms with Gasteiger partial charge < -0.3 is 10.6 Å². The Morgan fingerprint density at radius 1 is 0.889 bits per heavy atom. The first-order valence-corrected chi connectivity index (χ1v) is 8.02. The monoisotopic (exact) mass is 372 g/mol. The van der Waals surface area contributed by atoms with Crippen molar-refractivity contribution in [3.8, 4) is 0 Å². The van der Waals surface area contributed by atoms with Crippen molar-refractivity contribution in [1.82, 2.24) is 15.5 Å². The average Bonchev–Trinajstić information content (AvgIpc) is 2.67. The van der Waals surface area contributed by atoms with Gasteiger partial charge in [0.05, 0.1) is 11.3 Å². The van der Waals surface area contributed by atoms with E-state index in [1.807, 2.05) is 30.3 Å². The zero-order valence-electron chi connectivity index (χ0n) is 14.0. The number of halogens is 3. The number of aromatic nitrogens is 2. The van der Waals surface area contributed by atoms with Gasteiger partial charge in [0.2, 0.25) is 0 Å². The number of hydrogen-bond donors (Lipinski definition) is 2. The quantitative estimate of drug-likeness (QED) is 0.706. The van der Waals surface area contributed by atoms with Gasteiger partial charge in [0.1, 0.15) is 0 Å². The van der Waals surface area contributed by atoms with Gasteiger partial charge in [-0.3, -0.25) is 4.79 Å². The van der Waals surface area contributed by atoms with E-state index in [1.54, 1.807) is 0 Å². The maximum atomic E-state index is 13.0. The minimum atomic E-state index is -4.49. The SMILES string of the molecule is O=C(NCc1ccccc1)c1ccc(Nc2ccccc2C(F)(F)F)nn1. The summed E-state index contributed by atoms with van der Waals surface area (Å²) in [4.78, 5) is 12.1. The lowest BCUT2D eigenvalue weighted by Gasteiger charge is -2.13. The van der Waals surface area contributed by atoms with Crippen molar-refractivity contribution in [3.05, 3.63) is 83.6 Å². The van der Waals surface area contributed by atoms with Gasteiger partial charge in [-0.05, 0) is 29.8 Å². The molecule has 1 aromatic heterocycles. The van der Waals surface area contributed by atoms with Crippen LogP contribution in [-0.4, -0.2) is 16.1 Å². The second-order valence-electron chi connectivity index (χ2n) is 5.64. The van der Waals surface area contributed by atoms with Gasteiger partial charge in [-0.15, -0.1) is 10.2 Å². The first kappa shape index (κ1) is 18.4. The van der Waals surface area contributed by atoms with Crippen LogP contribution in [0.5, 0.6) is 0 Å². The van der Waals surface area contributed by atoms with Gasteiger partial charge in [0.15, 0.2) is 11.5 Å². The Kier molecular flexibility index (Phi) is 5.35. The summed E-state index contributed by atoms with van der Waals surface area (Å²) in [7, 11) is 0. The molecule has 0 aliphatic carbocycles. The molecule has 0 aliphatic rings. The Bertz CT molecular complexity index is 912. The van der Waals surface area contributed by atoms with Crippen molar-refractivity contribution in [3.63, 3.8) is 0 Å². The van der Waals surface area contributed by atoms with Crippen LogP contribution in [0.3, 0.4) is 0 Å². The number of para-hydroxylation sites is 1. The maximum absolute atomic E-state index is 13.0. The number of carbonyl (C=O) groups is 1. The lowest BCUT2D eigenvalue weighted by atomic mass is 10.1. The van der Waals surface area contributed by atoms with Crippen molar-refractivity contribution >= 4 is 17.4 Å². The molecule has 2 N–H and O–H groups in total. The fraction of sp³-hybridized carbons (Fsp3) is 0.105. The zero-order valence-corrected chi connectivity index (χ0v) is 14.0. The lowest BCUT2D eigenvalue weighted by Crippen LogP contribution is -2.24. The van der Waals surface area contributed by atoms with E-state index in [-0.39, 0.29) is 17.2 Å². The second-order valence-corrected chi connectivity index (χ2v) is 5.64. The first-order chi connectivity index (χ1) is 12.9. The Morgan fingerprint density at radius 2 is 1.59 bits per heavy atom. The van der Waals surface area contributed by atoms with Crippen LogP contribution in [0.2, 0.25) is 0 Å². The molecule has 0 fully saturated rings. The van der Waals surface area contributed by atoms with Crippen molar-refractivity contribution in [1.29, 1.82) is 0 Å². The fourth-order valence-electron chi connectivity index (χ4n) is 2.37. The third-order valence-corrected chi connectivity index (χ3v) is 3.69. The van der Waals surface area contributed by atoms with E-state index in [4.69, 9.17) is 0 Å². The molecule has 0 saturated carbocycles. The number of nitrogens with zero attached hydrogens (tertiary/aromatic N) is 2. The Hall–Kier alpha value is -3.42. The van der Waals surface area contributed by atoms with Crippen LogP contribution in [0, 0.1) is 0 Å². The molecule has 0 radical (unpaired) electrons. The molecule has 138 valence electrons.